The Kier molecular flexibility index (Phi) is 5.92. The summed E-state index contributed by atoms with van der Waals surface area (Å²) in [6, 6.07) is 7.95. The molecule has 2 aromatic rings. The Balaban J connectivity index is 1.79. The fourth-order valence-corrected chi connectivity index (χ4v) is 4.58. The van der Waals surface area contributed by atoms with Gasteiger partial charge >= 0.3 is 0 Å². The van der Waals surface area contributed by atoms with Gasteiger partial charge in [0, 0.05) is 37.6 Å². The topological polar surface area (TPSA) is 108 Å². The molecular formula is C19H21N5O3S. The fraction of sp³-hybridized carbons (Fsp3) is 0.316. The molecule has 1 saturated heterocycles. The number of sulfonamides is 1. The highest BCUT2D eigenvalue weighted by molar-refractivity contribution is 7.89. The molecule has 1 aromatic heterocycles. The molecule has 1 N–H and O–H groups in total. The summed E-state index contributed by atoms with van der Waals surface area (Å²) in [6.45, 7) is 1.01. The van der Waals surface area contributed by atoms with Crippen molar-refractivity contribution in [3.8, 4) is 6.07 Å². The molecular weight excluding hydrogens is 378 g/mol. The van der Waals surface area contributed by atoms with Crippen molar-refractivity contribution in [3.63, 3.8) is 0 Å². The largest absolute Gasteiger partial charge is 0.321 e. The van der Waals surface area contributed by atoms with Crippen LogP contribution in [0.3, 0.4) is 0 Å². The lowest BCUT2D eigenvalue weighted by Gasteiger charge is -2.26. The van der Waals surface area contributed by atoms with E-state index in [-0.39, 0.29) is 10.5 Å². The molecule has 1 amide bonds. The van der Waals surface area contributed by atoms with Crippen molar-refractivity contribution >= 4 is 27.7 Å². The van der Waals surface area contributed by atoms with E-state index in [1.54, 1.807) is 30.1 Å². The van der Waals surface area contributed by atoms with Gasteiger partial charge in [-0.1, -0.05) is 12.5 Å². The molecule has 1 aliphatic rings. The average Bonchev–Trinajstić information content (AvgIpc) is 3.11. The number of nitrogens with one attached hydrogen (secondary N) is 1. The Morgan fingerprint density at radius 2 is 2.04 bits per heavy atom. The van der Waals surface area contributed by atoms with Crippen LogP contribution in [-0.4, -0.2) is 41.5 Å². The van der Waals surface area contributed by atoms with Crippen molar-refractivity contribution in [2.45, 2.75) is 24.2 Å². The second-order valence-electron chi connectivity index (χ2n) is 6.56. The Morgan fingerprint density at radius 3 is 2.68 bits per heavy atom. The highest BCUT2D eigenvalue weighted by Crippen LogP contribution is 2.23. The molecule has 28 heavy (non-hydrogen) atoms. The highest BCUT2D eigenvalue weighted by Gasteiger charge is 2.26. The minimum Gasteiger partial charge on any atom is -0.321 e. The van der Waals surface area contributed by atoms with Gasteiger partial charge in [0.05, 0.1) is 11.1 Å². The van der Waals surface area contributed by atoms with Crippen molar-refractivity contribution in [2.24, 2.45) is 7.05 Å². The van der Waals surface area contributed by atoms with Crippen molar-refractivity contribution in [3.05, 3.63) is 47.8 Å². The first kappa shape index (κ1) is 19.8. The molecule has 1 aliphatic heterocycles. The van der Waals surface area contributed by atoms with Crippen LogP contribution in [0, 0.1) is 11.3 Å². The second-order valence-corrected chi connectivity index (χ2v) is 8.50. The van der Waals surface area contributed by atoms with Crippen LogP contribution in [0.15, 0.2) is 47.1 Å². The third-order valence-electron chi connectivity index (χ3n) is 4.45. The Morgan fingerprint density at radius 1 is 1.29 bits per heavy atom. The van der Waals surface area contributed by atoms with Gasteiger partial charge < -0.3 is 5.32 Å². The molecule has 0 radical (unpaired) electrons. The summed E-state index contributed by atoms with van der Waals surface area (Å²) in [5.74, 6) is -0.612. The number of hydrogen-bond donors (Lipinski definition) is 1. The number of carbonyl (C=O) groups excluding carboxylic acids is 1. The molecule has 146 valence electrons. The number of benzene rings is 1. The molecule has 0 unspecified atom stereocenters. The van der Waals surface area contributed by atoms with Crippen LogP contribution in [0.4, 0.5) is 5.69 Å². The molecule has 0 spiro atoms. The zero-order valence-electron chi connectivity index (χ0n) is 15.5. The molecule has 0 atom stereocenters. The Bertz CT molecular complexity index is 1040. The van der Waals surface area contributed by atoms with Gasteiger partial charge in [-0.2, -0.15) is 14.7 Å². The van der Waals surface area contributed by atoms with Crippen LogP contribution in [0.1, 0.15) is 24.8 Å². The maximum atomic E-state index is 12.8. The van der Waals surface area contributed by atoms with Crippen LogP contribution in [0.5, 0.6) is 0 Å². The summed E-state index contributed by atoms with van der Waals surface area (Å²) < 4.78 is 28.6. The minimum atomic E-state index is -3.60. The number of rotatable bonds is 5. The quantitative estimate of drug-likeness (QED) is 0.612. The normalized spacial score (nSPS) is 15.8. The molecule has 0 saturated carbocycles. The molecule has 8 nitrogen and oxygen atoms in total. The fourth-order valence-electron chi connectivity index (χ4n) is 3.02. The standard InChI is InChI=1S/C19H21N5O3S/c1-23-14-15(13-21-23)10-16(12-20)19(25)22-17-6-5-7-18(11-17)28(26,27)24-8-3-2-4-9-24/h5-7,10-11,13-14H,2-4,8-9H2,1H3,(H,22,25)/b16-10+. The summed E-state index contributed by atoms with van der Waals surface area (Å²) in [5, 5.41) is 15.9. The number of aromatic nitrogens is 2. The number of piperidine rings is 1. The van der Waals surface area contributed by atoms with Gasteiger partial charge in [0.2, 0.25) is 10.0 Å². The molecule has 1 fully saturated rings. The van der Waals surface area contributed by atoms with Gasteiger partial charge in [0.15, 0.2) is 0 Å². The third kappa shape index (κ3) is 4.47. The minimum absolute atomic E-state index is 0.0997. The van der Waals surface area contributed by atoms with Crippen LogP contribution >= 0.6 is 0 Å². The molecule has 2 heterocycles. The zero-order valence-corrected chi connectivity index (χ0v) is 16.3. The van der Waals surface area contributed by atoms with E-state index in [4.69, 9.17) is 0 Å². The van der Waals surface area contributed by atoms with Crippen LogP contribution in [0.25, 0.3) is 6.08 Å². The Labute approximate surface area is 164 Å². The summed E-state index contributed by atoms with van der Waals surface area (Å²) in [4.78, 5) is 12.6. The number of nitriles is 1. The summed E-state index contributed by atoms with van der Waals surface area (Å²) in [7, 11) is -1.87. The predicted octanol–water partition coefficient (Wildman–Crippen LogP) is 2.14. The highest BCUT2D eigenvalue weighted by atomic mass is 32.2. The molecule has 0 bridgehead atoms. The van der Waals surface area contributed by atoms with Gasteiger partial charge in [-0.25, -0.2) is 8.42 Å². The van der Waals surface area contributed by atoms with Crippen molar-refractivity contribution in [1.29, 1.82) is 5.26 Å². The van der Waals surface area contributed by atoms with Gasteiger partial charge in [-0.05, 0) is 37.1 Å². The molecule has 3 rings (SSSR count). The molecule has 0 aliphatic carbocycles. The lowest BCUT2D eigenvalue weighted by atomic mass is 10.2. The predicted molar refractivity (Wildman–Crippen MR) is 104 cm³/mol. The average molecular weight is 399 g/mol. The van der Waals surface area contributed by atoms with Gasteiger partial charge in [0.1, 0.15) is 11.6 Å². The van der Waals surface area contributed by atoms with E-state index in [9.17, 15) is 18.5 Å². The third-order valence-corrected chi connectivity index (χ3v) is 6.34. The monoisotopic (exact) mass is 399 g/mol. The first-order valence-corrected chi connectivity index (χ1v) is 10.4. The maximum Gasteiger partial charge on any atom is 0.266 e. The van der Waals surface area contributed by atoms with E-state index in [1.807, 2.05) is 6.07 Å². The lowest BCUT2D eigenvalue weighted by Crippen LogP contribution is -2.35. The van der Waals surface area contributed by atoms with E-state index in [0.717, 1.165) is 19.3 Å². The summed E-state index contributed by atoms with van der Waals surface area (Å²) in [5.41, 5.74) is 0.836. The summed E-state index contributed by atoms with van der Waals surface area (Å²) in [6.07, 6.45) is 7.37. The van der Waals surface area contributed by atoms with Crippen molar-refractivity contribution in [2.75, 3.05) is 18.4 Å². The number of anilines is 1. The lowest BCUT2D eigenvalue weighted by molar-refractivity contribution is -0.112. The van der Waals surface area contributed by atoms with E-state index >= 15 is 0 Å². The van der Waals surface area contributed by atoms with E-state index in [0.29, 0.717) is 24.3 Å². The number of carbonyl (C=O) groups is 1. The smallest absolute Gasteiger partial charge is 0.266 e. The van der Waals surface area contributed by atoms with Gasteiger partial charge in [-0.3, -0.25) is 9.48 Å². The number of aryl methyl sites for hydroxylation is 1. The molecule has 1 aromatic carbocycles. The molecule has 9 heteroatoms. The van der Waals surface area contributed by atoms with Gasteiger partial charge in [0.25, 0.3) is 5.91 Å². The van der Waals surface area contributed by atoms with Crippen LogP contribution in [0.2, 0.25) is 0 Å². The van der Waals surface area contributed by atoms with Crippen LogP contribution in [-0.2, 0) is 21.9 Å². The van der Waals surface area contributed by atoms with Crippen molar-refractivity contribution in [1.82, 2.24) is 14.1 Å². The summed E-state index contributed by atoms with van der Waals surface area (Å²) >= 11 is 0. The zero-order chi connectivity index (χ0) is 20.1. The first-order valence-electron chi connectivity index (χ1n) is 8.92. The van der Waals surface area contributed by atoms with Gasteiger partial charge in [-0.15, -0.1) is 0 Å². The van der Waals surface area contributed by atoms with E-state index in [2.05, 4.69) is 10.4 Å². The van der Waals surface area contributed by atoms with Crippen LogP contribution < -0.4 is 5.32 Å². The van der Waals surface area contributed by atoms with Crippen molar-refractivity contribution < 1.29 is 13.2 Å². The first-order chi connectivity index (χ1) is 13.4. The maximum absolute atomic E-state index is 12.8. The SMILES string of the molecule is Cn1cc(/C=C(\C#N)C(=O)Nc2cccc(S(=O)(=O)N3CCCCC3)c2)cn1. The number of hydrogen-bond acceptors (Lipinski definition) is 5. The second kappa shape index (κ2) is 8.37. The van der Waals surface area contributed by atoms with E-state index in [1.165, 1.54) is 28.7 Å². The number of nitrogens with zero attached hydrogens (tertiary/aromatic N) is 4. The number of amides is 1. The Hall–Kier alpha value is -2.96. The van der Waals surface area contributed by atoms with E-state index < -0.39 is 15.9 Å².